The van der Waals surface area contributed by atoms with Crippen molar-refractivity contribution in [2.75, 3.05) is 0 Å². The lowest BCUT2D eigenvalue weighted by molar-refractivity contribution is -0.137. The highest BCUT2D eigenvalue weighted by Crippen LogP contribution is 2.47. The van der Waals surface area contributed by atoms with Gasteiger partial charge in [-0.25, -0.2) is 0 Å². The molecule has 6 aromatic heterocycles. The lowest BCUT2D eigenvalue weighted by atomic mass is 9.95. The van der Waals surface area contributed by atoms with E-state index in [1.54, 1.807) is 0 Å². The van der Waals surface area contributed by atoms with Gasteiger partial charge in [0.15, 0.2) is 0 Å². The van der Waals surface area contributed by atoms with E-state index in [2.05, 4.69) is 300 Å². The molecule has 0 unspecified atom stereocenters. The zero-order valence-corrected chi connectivity index (χ0v) is 52.0. The number of hydrogen-bond donors (Lipinski definition) is 0. The normalized spacial score (nSPS) is 12.2. The molecule has 0 atom stereocenters. The molecule has 0 N–H and O–H groups in total. The number of hydrogen-bond acceptors (Lipinski definition) is 2. The Labute approximate surface area is 556 Å². The van der Waals surface area contributed by atoms with Crippen LogP contribution in [0.25, 0.3) is 176 Å². The summed E-state index contributed by atoms with van der Waals surface area (Å²) in [5, 5.41) is 34.8. The summed E-state index contributed by atoms with van der Waals surface area (Å²) >= 11 is 0. The van der Waals surface area contributed by atoms with Gasteiger partial charge in [0.2, 0.25) is 0 Å². The lowest BCUT2D eigenvalue weighted by Crippen LogP contribution is -2.07. The second-order valence-electron chi connectivity index (χ2n) is 25.4. The number of para-hydroxylation sites is 8. The van der Waals surface area contributed by atoms with Crippen molar-refractivity contribution in [3.63, 3.8) is 0 Å². The van der Waals surface area contributed by atoms with Gasteiger partial charge in [0.1, 0.15) is 0 Å². The van der Waals surface area contributed by atoms with Crippen molar-refractivity contribution in [2.24, 2.45) is 0 Å². The predicted molar refractivity (Wildman–Crippen MR) is 392 cm³/mol. The zero-order chi connectivity index (χ0) is 65.2. The molecule has 98 heavy (non-hydrogen) atoms. The van der Waals surface area contributed by atoms with Crippen LogP contribution >= 0.6 is 0 Å². The molecule has 6 heterocycles. The molecule has 20 aromatic rings. The topological polar surface area (TPSA) is 77.2 Å². The van der Waals surface area contributed by atoms with Crippen molar-refractivity contribution in [3.05, 3.63) is 314 Å². The minimum atomic E-state index is -4.80. The Bertz CT molecular complexity index is 6410. The van der Waals surface area contributed by atoms with Gasteiger partial charge < -0.3 is 27.4 Å². The quantitative estimate of drug-likeness (QED) is 0.159. The van der Waals surface area contributed by atoms with Crippen LogP contribution < -0.4 is 0 Å². The first-order valence-corrected chi connectivity index (χ1v) is 32.5. The molecule has 0 saturated carbocycles. The first-order chi connectivity index (χ1) is 48.2. The number of rotatable bonds is 7. The molecule has 0 fully saturated rings. The Hall–Kier alpha value is -13.4. The summed E-state index contributed by atoms with van der Waals surface area (Å²) in [5.41, 5.74) is 15.9. The van der Waals surface area contributed by atoms with Gasteiger partial charge in [0.25, 0.3) is 0 Å². The summed E-state index contributed by atoms with van der Waals surface area (Å²) in [5.74, 6) is 0. The van der Waals surface area contributed by atoms with Crippen molar-refractivity contribution in [1.82, 2.24) is 27.4 Å². The summed E-state index contributed by atoms with van der Waals surface area (Å²) in [6.45, 7) is 0. The van der Waals surface area contributed by atoms with Crippen LogP contribution in [0.4, 0.5) is 13.2 Å². The van der Waals surface area contributed by atoms with Gasteiger partial charge in [0.05, 0.1) is 106 Å². The second-order valence-corrected chi connectivity index (χ2v) is 25.4. The highest BCUT2D eigenvalue weighted by molar-refractivity contribution is 6.17. The van der Waals surface area contributed by atoms with E-state index in [0.717, 1.165) is 166 Å². The number of alkyl halides is 3. The molecule has 0 bridgehead atoms. The Morgan fingerprint density at radius 2 is 0.510 bits per heavy atom. The molecular weight excluding hydrogens is 1210 g/mol. The van der Waals surface area contributed by atoms with Crippen molar-refractivity contribution in [3.8, 4) is 57.4 Å². The van der Waals surface area contributed by atoms with E-state index < -0.39 is 11.7 Å². The third-order valence-corrected chi connectivity index (χ3v) is 20.2. The SMILES string of the molecule is N#Cc1cc(-c2cc(-n3c4ccc(-n5c6ccccc6c6ccccc65)cc4c4cc(-n5c6ccccc6c6ccccc65)ccc43)c(-n3c4ccc(-n5c6ccccc6c6ccccc65)cc4c4cc(-n5c6ccccc6c6ccccc65)ccc43)cc2C#N)cc(C(F)(F)F)c1. The average molecular weight is 1260 g/mol. The number of halogens is 3. The zero-order valence-electron chi connectivity index (χ0n) is 52.0. The van der Waals surface area contributed by atoms with Crippen molar-refractivity contribution in [2.45, 2.75) is 6.18 Å². The summed E-state index contributed by atoms with van der Waals surface area (Å²) in [6.07, 6.45) is -4.80. The Morgan fingerprint density at radius 3 is 0.776 bits per heavy atom. The third kappa shape index (κ3) is 7.87. The van der Waals surface area contributed by atoms with Crippen LogP contribution in [0.1, 0.15) is 16.7 Å². The van der Waals surface area contributed by atoms with Gasteiger partial charge in [-0.1, -0.05) is 146 Å². The van der Waals surface area contributed by atoms with E-state index in [-0.39, 0.29) is 22.3 Å². The van der Waals surface area contributed by atoms with E-state index in [1.807, 2.05) is 18.2 Å². The molecule has 0 radical (unpaired) electrons. The molecular formula is C87H49F3N8. The first-order valence-electron chi connectivity index (χ1n) is 32.5. The second kappa shape index (κ2) is 20.6. The van der Waals surface area contributed by atoms with Gasteiger partial charge in [-0.3, -0.25) is 0 Å². The standard InChI is InChI=1S/C87H49F3N8/c88-87(89,90)55-42-52(50-91)41-53(43-55)68-49-86(98-83-39-35-58(95-77-29-13-5-21-64(77)65-22-6-14-30-78(65)95)47-71(83)72-48-59(36-40-84(72)98)96-79-31-15-7-23-66(79)67-24-8-16-32-80(67)96)85(44-54(68)51-92)97-81-37-33-56(93-73-25-9-1-17-60(73)61-18-2-10-26-74(61)93)45-69(81)70-46-57(34-38-82(70)97)94-75-27-11-3-19-62(75)63-20-4-12-28-76(63)94/h1-49H. The third-order valence-electron chi connectivity index (χ3n) is 20.2. The van der Waals surface area contributed by atoms with Gasteiger partial charge in [-0.15, -0.1) is 0 Å². The minimum absolute atomic E-state index is 0.0812. The van der Waals surface area contributed by atoms with Gasteiger partial charge in [-0.2, -0.15) is 23.7 Å². The van der Waals surface area contributed by atoms with Crippen LogP contribution in [-0.4, -0.2) is 27.4 Å². The number of nitrogens with zero attached hydrogens (tertiary/aromatic N) is 8. The van der Waals surface area contributed by atoms with Crippen LogP contribution in [0.15, 0.2) is 297 Å². The average Bonchev–Trinajstić information content (AvgIpc) is 1.54. The number of nitriles is 2. The van der Waals surface area contributed by atoms with Crippen LogP contribution in [0.3, 0.4) is 0 Å². The number of aromatic nitrogens is 6. The van der Waals surface area contributed by atoms with Gasteiger partial charge >= 0.3 is 6.18 Å². The molecule has 8 nitrogen and oxygen atoms in total. The highest BCUT2D eigenvalue weighted by Gasteiger charge is 2.33. The minimum Gasteiger partial charge on any atom is -0.309 e. The Morgan fingerprint density at radius 1 is 0.245 bits per heavy atom. The maximum atomic E-state index is 15.2. The van der Waals surface area contributed by atoms with Crippen molar-refractivity contribution in [1.29, 1.82) is 10.5 Å². The Kier molecular flexibility index (Phi) is 11.6. The Balaban J connectivity index is 0.926. The fourth-order valence-corrected chi connectivity index (χ4v) is 16.2. The lowest BCUT2D eigenvalue weighted by Gasteiger charge is -2.20. The maximum absolute atomic E-state index is 15.2. The van der Waals surface area contributed by atoms with Crippen LogP contribution in [0.5, 0.6) is 0 Å². The molecule has 0 amide bonds. The summed E-state index contributed by atoms with van der Waals surface area (Å²) in [7, 11) is 0. The molecule has 20 rings (SSSR count). The van der Waals surface area contributed by atoms with E-state index in [4.69, 9.17) is 0 Å². The maximum Gasteiger partial charge on any atom is 0.416 e. The number of benzene rings is 14. The van der Waals surface area contributed by atoms with E-state index in [1.165, 1.54) is 6.07 Å². The molecule has 0 saturated heterocycles. The molecule has 0 aliphatic heterocycles. The molecule has 0 spiro atoms. The molecule has 458 valence electrons. The van der Waals surface area contributed by atoms with Crippen molar-refractivity contribution >= 4 is 131 Å². The summed E-state index contributed by atoms with van der Waals surface area (Å²) in [4.78, 5) is 0. The van der Waals surface area contributed by atoms with E-state index in [0.29, 0.717) is 11.4 Å². The van der Waals surface area contributed by atoms with Gasteiger partial charge in [0, 0.05) is 92.9 Å². The predicted octanol–water partition coefficient (Wildman–Crippen LogP) is 22.7. The highest BCUT2D eigenvalue weighted by atomic mass is 19.4. The molecule has 14 aromatic carbocycles. The molecule has 0 aliphatic rings. The largest absolute Gasteiger partial charge is 0.416 e. The summed E-state index contributed by atoms with van der Waals surface area (Å²) in [6, 6.07) is 106. The van der Waals surface area contributed by atoms with Gasteiger partial charge in [-0.05, 0) is 157 Å². The van der Waals surface area contributed by atoms with Crippen LogP contribution in [0, 0.1) is 22.7 Å². The van der Waals surface area contributed by atoms with Crippen molar-refractivity contribution < 1.29 is 13.2 Å². The molecule has 0 aliphatic carbocycles. The van der Waals surface area contributed by atoms with Crippen LogP contribution in [0.2, 0.25) is 0 Å². The van der Waals surface area contributed by atoms with Crippen LogP contribution in [-0.2, 0) is 6.18 Å². The number of fused-ring (bicyclic) bond motifs is 18. The van der Waals surface area contributed by atoms with E-state index >= 15 is 13.2 Å². The molecule has 11 heteroatoms. The first kappa shape index (κ1) is 55.1. The monoisotopic (exact) mass is 1260 g/mol. The fraction of sp³-hybridized carbons (Fsp3) is 0.0115. The fourth-order valence-electron chi connectivity index (χ4n) is 16.2. The van der Waals surface area contributed by atoms with E-state index in [9.17, 15) is 10.5 Å². The summed E-state index contributed by atoms with van der Waals surface area (Å²) < 4.78 is 59.2. The smallest absolute Gasteiger partial charge is 0.309 e.